The molecule has 0 aliphatic rings. The van der Waals surface area contributed by atoms with Crippen molar-refractivity contribution in [3.05, 3.63) is 65.5 Å². The second-order valence-electron chi connectivity index (χ2n) is 5.42. The van der Waals surface area contributed by atoms with Gasteiger partial charge in [-0.3, -0.25) is 4.79 Å². The summed E-state index contributed by atoms with van der Waals surface area (Å²) in [5, 5.41) is 2.81. The van der Waals surface area contributed by atoms with Gasteiger partial charge < -0.3 is 15.8 Å². The van der Waals surface area contributed by atoms with Gasteiger partial charge in [0, 0.05) is 0 Å². The molecule has 2 aromatic rings. The van der Waals surface area contributed by atoms with Gasteiger partial charge in [-0.15, -0.1) is 12.4 Å². The molecule has 0 aliphatic carbocycles. The predicted molar refractivity (Wildman–Crippen MR) is 94.9 cm³/mol. The summed E-state index contributed by atoms with van der Waals surface area (Å²) in [6.45, 7) is 1.79. The molecule has 0 fully saturated rings. The van der Waals surface area contributed by atoms with Crippen LogP contribution in [-0.2, 0) is 11.2 Å². The molecule has 2 aromatic carbocycles. The minimum Gasteiger partial charge on any atom is -0.494 e. The molecule has 0 saturated heterocycles. The molecule has 0 spiro atoms. The van der Waals surface area contributed by atoms with Gasteiger partial charge in [-0.25, -0.2) is 4.39 Å². The number of nitrogens with one attached hydrogen (secondary N) is 1. The van der Waals surface area contributed by atoms with Crippen molar-refractivity contribution in [1.29, 1.82) is 0 Å². The van der Waals surface area contributed by atoms with E-state index in [2.05, 4.69) is 5.32 Å². The van der Waals surface area contributed by atoms with Crippen LogP contribution in [0.3, 0.4) is 0 Å². The van der Waals surface area contributed by atoms with Crippen molar-refractivity contribution < 1.29 is 13.9 Å². The summed E-state index contributed by atoms with van der Waals surface area (Å²) in [5.74, 6) is -0.551. The lowest BCUT2D eigenvalue weighted by Gasteiger charge is -2.18. The number of rotatable bonds is 6. The third kappa shape index (κ3) is 5.22. The van der Waals surface area contributed by atoms with Gasteiger partial charge in [0.2, 0.25) is 5.91 Å². The first kappa shape index (κ1) is 19.9. The highest BCUT2D eigenvalue weighted by Gasteiger charge is 2.18. The van der Waals surface area contributed by atoms with Gasteiger partial charge in [0.05, 0.1) is 19.2 Å². The van der Waals surface area contributed by atoms with Gasteiger partial charge in [0.25, 0.3) is 0 Å². The van der Waals surface area contributed by atoms with Crippen LogP contribution in [0.2, 0.25) is 0 Å². The number of halogens is 2. The molecule has 3 N–H and O–H groups in total. The molecular weight excluding hydrogens is 331 g/mol. The van der Waals surface area contributed by atoms with E-state index in [1.54, 1.807) is 13.0 Å². The molecule has 0 radical (unpaired) electrons. The SMILES string of the molecule is COc1ccc(C(C)NC(=O)C(N)Cc2ccccc2)cc1F.Cl. The second-order valence-corrected chi connectivity index (χ2v) is 5.42. The highest BCUT2D eigenvalue weighted by Crippen LogP contribution is 2.21. The lowest BCUT2D eigenvalue weighted by atomic mass is 10.0. The van der Waals surface area contributed by atoms with E-state index in [0.29, 0.717) is 12.0 Å². The summed E-state index contributed by atoms with van der Waals surface area (Å²) >= 11 is 0. The minimum atomic E-state index is -0.650. The topological polar surface area (TPSA) is 64.3 Å². The lowest BCUT2D eigenvalue weighted by molar-refractivity contribution is -0.123. The molecule has 0 aliphatic heterocycles. The fourth-order valence-corrected chi connectivity index (χ4v) is 2.32. The summed E-state index contributed by atoms with van der Waals surface area (Å²) in [5.41, 5.74) is 7.60. The van der Waals surface area contributed by atoms with E-state index in [4.69, 9.17) is 10.5 Å². The van der Waals surface area contributed by atoms with Gasteiger partial charge in [0.15, 0.2) is 11.6 Å². The summed E-state index contributed by atoms with van der Waals surface area (Å²) < 4.78 is 18.6. The van der Waals surface area contributed by atoms with Crippen LogP contribution in [0.25, 0.3) is 0 Å². The number of carbonyl (C=O) groups is 1. The lowest BCUT2D eigenvalue weighted by Crippen LogP contribution is -2.42. The highest BCUT2D eigenvalue weighted by molar-refractivity contribution is 5.85. The first-order valence-electron chi connectivity index (χ1n) is 7.44. The molecule has 0 aromatic heterocycles. The van der Waals surface area contributed by atoms with Crippen LogP contribution in [0, 0.1) is 5.82 Å². The van der Waals surface area contributed by atoms with E-state index in [0.717, 1.165) is 5.56 Å². The van der Waals surface area contributed by atoms with Gasteiger partial charge in [-0.2, -0.15) is 0 Å². The zero-order valence-electron chi connectivity index (χ0n) is 13.7. The molecule has 4 nitrogen and oxygen atoms in total. The zero-order chi connectivity index (χ0) is 16.8. The average Bonchev–Trinajstić information content (AvgIpc) is 2.55. The molecular formula is C18H22ClFN2O2. The maximum Gasteiger partial charge on any atom is 0.237 e. The fraction of sp³-hybridized carbons (Fsp3) is 0.278. The van der Waals surface area contributed by atoms with E-state index in [9.17, 15) is 9.18 Å². The van der Waals surface area contributed by atoms with Crippen LogP contribution in [0.4, 0.5) is 4.39 Å². The van der Waals surface area contributed by atoms with Crippen molar-refractivity contribution in [1.82, 2.24) is 5.32 Å². The fourth-order valence-electron chi connectivity index (χ4n) is 2.32. The Morgan fingerprint density at radius 1 is 1.25 bits per heavy atom. The molecule has 2 rings (SSSR count). The molecule has 1 amide bonds. The number of ether oxygens (including phenoxy) is 1. The van der Waals surface area contributed by atoms with Crippen LogP contribution >= 0.6 is 12.4 Å². The normalized spacial score (nSPS) is 12.7. The molecule has 0 bridgehead atoms. The van der Waals surface area contributed by atoms with Crippen molar-refractivity contribution >= 4 is 18.3 Å². The van der Waals surface area contributed by atoms with Gasteiger partial charge >= 0.3 is 0 Å². The Balaban J connectivity index is 0.00000288. The maximum absolute atomic E-state index is 13.7. The number of carbonyl (C=O) groups excluding carboxylic acids is 1. The van der Waals surface area contributed by atoms with E-state index in [1.807, 2.05) is 30.3 Å². The second kappa shape index (κ2) is 9.25. The Bertz CT molecular complexity index is 667. The number of benzene rings is 2. The molecule has 130 valence electrons. The smallest absolute Gasteiger partial charge is 0.237 e. The number of amides is 1. The van der Waals surface area contributed by atoms with E-state index in [1.165, 1.54) is 19.2 Å². The summed E-state index contributed by atoms with van der Waals surface area (Å²) in [4.78, 5) is 12.2. The number of methoxy groups -OCH3 is 1. The van der Waals surface area contributed by atoms with Gasteiger partial charge in [0.1, 0.15) is 0 Å². The van der Waals surface area contributed by atoms with Crippen molar-refractivity contribution in [3.8, 4) is 5.75 Å². The molecule has 6 heteroatoms. The minimum absolute atomic E-state index is 0. The van der Waals surface area contributed by atoms with Gasteiger partial charge in [-0.1, -0.05) is 36.4 Å². The number of nitrogens with two attached hydrogens (primary N) is 1. The van der Waals surface area contributed by atoms with Crippen LogP contribution < -0.4 is 15.8 Å². The van der Waals surface area contributed by atoms with E-state index < -0.39 is 11.9 Å². The predicted octanol–water partition coefficient (Wildman–Crippen LogP) is 3.00. The van der Waals surface area contributed by atoms with Crippen molar-refractivity contribution in [2.24, 2.45) is 5.73 Å². The first-order valence-corrected chi connectivity index (χ1v) is 7.44. The van der Waals surface area contributed by atoms with Gasteiger partial charge in [-0.05, 0) is 36.6 Å². The monoisotopic (exact) mass is 352 g/mol. The van der Waals surface area contributed by atoms with Crippen molar-refractivity contribution in [2.45, 2.75) is 25.4 Å². The number of hydrogen-bond donors (Lipinski definition) is 2. The Hall–Kier alpha value is -2.11. The molecule has 24 heavy (non-hydrogen) atoms. The Labute approximate surface area is 147 Å². The Kier molecular flexibility index (Phi) is 7.68. The standard InChI is InChI=1S/C18H21FN2O2.ClH/c1-12(14-8-9-17(23-2)15(19)11-14)21-18(22)16(20)10-13-6-4-3-5-7-13;/h3-9,11-12,16H,10,20H2,1-2H3,(H,21,22);1H. The average molecular weight is 353 g/mol. The third-order valence-electron chi connectivity index (χ3n) is 3.67. The molecule has 0 saturated carbocycles. The molecule has 2 unspecified atom stereocenters. The summed E-state index contributed by atoms with van der Waals surface area (Å²) in [6.07, 6.45) is 0.455. The molecule has 0 heterocycles. The van der Waals surface area contributed by atoms with Crippen LogP contribution in [-0.4, -0.2) is 19.1 Å². The largest absolute Gasteiger partial charge is 0.494 e. The van der Waals surface area contributed by atoms with E-state index >= 15 is 0 Å². The Morgan fingerprint density at radius 3 is 2.50 bits per heavy atom. The molecule has 2 atom stereocenters. The Morgan fingerprint density at radius 2 is 1.92 bits per heavy atom. The summed E-state index contributed by atoms with van der Waals surface area (Å²) in [7, 11) is 1.41. The maximum atomic E-state index is 13.7. The zero-order valence-corrected chi connectivity index (χ0v) is 14.5. The van der Waals surface area contributed by atoms with Crippen molar-refractivity contribution in [2.75, 3.05) is 7.11 Å². The van der Waals surface area contributed by atoms with Crippen LogP contribution in [0.15, 0.2) is 48.5 Å². The summed E-state index contributed by atoms with van der Waals surface area (Å²) in [6, 6.07) is 13.2. The highest BCUT2D eigenvalue weighted by atomic mass is 35.5. The third-order valence-corrected chi connectivity index (χ3v) is 3.67. The van der Waals surface area contributed by atoms with Crippen LogP contribution in [0.1, 0.15) is 24.1 Å². The van der Waals surface area contributed by atoms with Crippen molar-refractivity contribution in [3.63, 3.8) is 0 Å². The van der Waals surface area contributed by atoms with E-state index in [-0.39, 0.29) is 30.1 Å². The quantitative estimate of drug-likeness (QED) is 0.840. The first-order chi connectivity index (χ1) is 11.0. The van der Waals surface area contributed by atoms with Crippen LogP contribution in [0.5, 0.6) is 5.75 Å². The number of hydrogen-bond acceptors (Lipinski definition) is 3.